The Kier molecular flexibility index (Phi) is 4.18. The van der Waals surface area contributed by atoms with Crippen molar-refractivity contribution < 1.29 is 9.90 Å². The molecule has 0 aliphatic carbocycles. The number of carboxylic acids is 1. The van der Waals surface area contributed by atoms with Crippen molar-refractivity contribution in [2.24, 2.45) is 7.05 Å². The van der Waals surface area contributed by atoms with E-state index in [4.69, 9.17) is 5.11 Å². The Labute approximate surface area is 109 Å². The zero-order chi connectivity index (χ0) is 13.7. The minimum atomic E-state index is -1.07. The molecule has 0 bridgehead atoms. The molecule has 0 aliphatic heterocycles. The average molecular weight is 265 g/mol. The van der Waals surface area contributed by atoms with Gasteiger partial charge in [-0.25, -0.2) is 4.79 Å². The van der Waals surface area contributed by atoms with Crippen LogP contribution in [0.25, 0.3) is 0 Å². The van der Waals surface area contributed by atoms with Crippen LogP contribution in [0.2, 0.25) is 0 Å². The van der Waals surface area contributed by atoms with Crippen molar-refractivity contribution in [3.63, 3.8) is 0 Å². The molecule has 2 N–H and O–H groups in total. The highest BCUT2D eigenvalue weighted by molar-refractivity contribution is 5.84. The van der Waals surface area contributed by atoms with Crippen molar-refractivity contribution in [1.82, 2.24) is 35.1 Å². The van der Waals surface area contributed by atoms with Crippen molar-refractivity contribution in [2.75, 3.05) is 13.1 Å². The van der Waals surface area contributed by atoms with E-state index in [1.165, 1.54) is 10.9 Å². The molecule has 0 saturated carbocycles. The van der Waals surface area contributed by atoms with E-state index in [2.05, 4.69) is 25.8 Å². The Balaban J connectivity index is 1.66. The maximum atomic E-state index is 10.6. The fraction of sp³-hybridized carbons (Fsp3) is 0.500. The first kappa shape index (κ1) is 13.1. The van der Waals surface area contributed by atoms with E-state index in [1.807, 2.05) is 11.6 Å². The Morgan fingerprint density at radius 3 is 2.89 bits per heavy atom. The normalized spacial score (nSPS) is 10.8. The molecule has 0 radical (unpaired) electrons. The fourth-order valence-corrected chi connectivity index (χ4v) is 1.56. The lowest BCUT2D eigenvalue weighted by atomic mass is 10.4. The molecule has 0 fully saturated rings. The van der Waals surface area contributed by atoms with Crippen molar-refractivity contribution in [3.05, 3.63) is 24.0 Å². The molecule has 0 amide bonds. The van der Waals surface area contributed by atoms with Gasteiger partial charge in [0.15, 0.2) is 5.69 Å². The van der Waals surface area contributed by atoms with Gasteiger partial charge < -0.3 is 15.0 Å². The first-order valence-corrected chi connectivity index (χ1v) is 5.84. The van der Waals surface area contributed by atoms with Crippen molar-refractivity contribution >= 4 is 5.97 Å². The van der Waals surface area contributed by atoms with Crippen LogP contribution in [0.1, 0.15) is 16.3 Å². The van der Waals surface area contributed by atoms with Crippen LogP contribution < -0.4 is 5.32 Å². The molecular weight excluding hydrogens is 250 g/mol. The molecule has 2 heterocycles. The van der Waals surface area contributed by atoms with Gasteiger partial charge in [0.2, 0.25) is 0 Å². The van der Waals surface area contributed by atoms with E-state index >= 15 is 0 Å². The zero-order valence-electron chi connectivity index (χ0n) is 10.5. The average Bonchev–Trinajstić information content (AvgIpc) is 2.99. The van der Waals surface area contributed by atoms with Crippen LogP contribution in [0.5, 0.6) is 0 Å². The summed E-state index contributed by atoms with van der Waals surface area (Å²) in [5.74, 6) is -0.150. The number of carboxylic acid groups (broad SMARTS) is 1. The SMILES string of the molecule is Cn1cnnc1CCNCCn1cc(C(=O)O)nn1. The molecule has 102 valence electrons. The number of hydrogen-bond donors (Lipinski definition) is 2. The number of aromatic nitrogens is 6. The first-order valence-electron chi connectivity index (χ1n) is 5.84. The summed E-state index contributed by atoms with van der Waals surface area (Å²) >= 11 is 0. The third-order valence-electron chi connectivity index (χ3n) is 2.61. The van der Waals surface area contributed by atoms with E-state index in [1.54, 1.807) is 6.33 Å². The summed E-state index contributed by atoms with van der Waals surface area (Å²) in [5, 5.41) is 26.9. The van der Waals surface area contributed by atoms with E-state index in [9.17, 15) is 4.79 Å². The third-order valence-corrected chi connectivity index (χ3v) is 2.61. The molecule has 19 heavy (non-hydrogen) atoms. The minimum absolute atomic E-state index is 0.0425. The van der Waals surface area contributed by atoms with Crippen LogP contribution >= 0.6 is 0 Å². The summed E-state index contributed by atoms with van der Waals surface area (Å²) < 4.78 is 3.37. The van der Waals surface area contributed by atoms with Crippen molar-refractivity contribution in [3.8, 4) is 0 Å². The monoisotopic (exact) mass is 265 g/mol. The highest BCUT2D eigenvalue weighted by Gasteiger charge is 2.07. The van der Waals surface area contributed by atoms with Gasteiger partial charge in [0.1, 0.15) is 12.2 Å². The first-order chi connectivity index (χ1) is 9.16. The van der Waals surface area contributed by atoms with Gasteiger partial charge in [-0.05, 0) is 0 Å². The number of hydrogen-bond acceptors (Lipinski definition) is 6. The van der Waals surface area contributed by atoms with Gasteiger partial charge in [-0.1, -0.05) is 5.21 Å². The number of rotatable bonds is 7. The Morgan fingerprint density at radius 1 is 1.42 bits per heavy atom. The summed E-state index contributed by atoms with van der Waals surface area (Å²) in [4.78, 5) is 10.6. The van der Waals surface area contributed by atoms with E-state index < -0.39 is 5.97 Å². The highest BCUT2D eigenvalue weighted by atomic mass is 16.4. The number of aryl methyl sites for hydroxylation is 1. The maximum absolute atomic E-state index is 10.6. The topological polar surface area (TPSA) is 111 Å². The largest absolute Gasteiger partial charge is 0.476 e. The number of aromatic carboxylic acids is 1. The quantitative estimate of drug-likeness (QED) is 0.614. The molecule has 0 atom stereocenters. The predicted molar refractivity (Wildman–Crippen MR) is 64.6 cm³/mol. The molecule has 0 aromatic carbocycles. The van der Waals surface area contributed by atoms with Gasteiger partial charge in [0.05, 0.1) is 12.7 Å². The Morgan fingerprint density at radius 2 is 2.26 bits per heavy atom. The third kappa shape index (κ3) is 3.58. The lowest BCUT2D eigenvalue weighted by molar-refractivity contribution is 0.0690. The minimum Gasteiger partial charge on any atom is -0.476 e. The van der Waals surface area contributed by atoms with Crippen molar-refractivity contribution in [1.29, 1.82) is 0 Å². The van der Waals surface area contributed by atoms with Gasteiger partial charge in [-0.15, -0.1) is 15.3 Å². The van der Waals surface area contributed by atoms with E-state index in [-0.39, 0.29) is 5.69 Å². The Bertz CT molecular complexity index is 548. The molecule has 2 aromatic rings. The molecule has 9 heteroatoms. The fourth-order valence-electron chi connectivity index (χ4n) is 1.56. The van der Waals surface area contributed by atoms with Crippen LogP contribution in [-0.4, -0.2) is 53.9 Å². The standard InChI is InChI=1S/C10H15N7O2/c1-16-7-12-14-9(16)2-3-11-4-5-17-6-8(10(18)19)13-15-17/h6-7,11H,2-5H2,1H3,(H,18,19). The van der Waals surface area contributed by atoms with Crippen LogP contribution in [0.15, 0.2) is 12.5 Å². The smallest absolute Gasteiger partial charge is 0.358 e. The predicted octanol–water partition coefficient (Wildman–Crippen LogP) is -1.06. The maximum Gasteiger partial charge on any atom is 0.358 e. The Hall–Kier alpha value is -2.29. The van der Waals surface area contributed by atoms with E-state index in [0.29, 0.717) is 13.1 Å². The number of carbonyl (C=O) groups is 1. The van der Waals surface area contributed by atoms with Gasteiger partial charge in [-0.2, -0.15) is 0 Å². The summed E-state index contributed by atoms with van der Waals surface area (Å²) in [7, 11) is 1.90. The van der Waals surface area contributed by atoms with Crippen LogP contribution in [0, 0.1) is 0 Å². The molecule has 0 spiro atoms. The lowest BCUT2D eigenvalue weighted by Gasteiger charge is -2.04. The summed E-state index contributed by atoms with van der Waals surface area (Å²) in [5.41, 5.74) is -0.0425. The molecule has 0 unspecified atom stereocenters. The van der Waals surface area contributed by atoms with Crippen LogP contribution in [-0.2, 0) is 20.0 Å². The van der Waals surface area contributed by atoms with Crippen LogP contribution in [0.3, 0.4) is 0 Å². The second kappa shape index (κ2) is 6.05. The number of nitrogens with one attached hydrogen (secondary N) is 1. The number of nitrogens with zero attached hydrogens (tertiary/aromatic N) is 6. The molecular formula is C10H15N7O2. The molecule has 9 nitrogen and oxygen atoms in total. The summed E-state index contributed by atoms with van der Waals surface area (Å²) in [6.07, 6.45) is 3.86. The lowest BCUT2D eigenvalue weighted by Crippen LogP contribution is -2.23. The highest BCUT2D eigenvalue weighted by Crippen LogP contribution is 1.93. The van der Waals surface area contributed by atoms with Gasteiger partial charge >= 0.3 is 5.97 Å². The second-order valence-electron chi connectivity index (χ2n) is 4.03. The molecule has 2 aromatic heterocycles. The molecule has 0 aliphatic rings. The van der Waals surface area contributed by atoms with Crippen LogP contribution in [0.4, 0.5) is 0 Å². The summed E-state index contributed by atoms with van der Waals surface area (Å²) in [6.45, 7) is 2.02. The van der Waals surface area contributed by atoms with E-state index in [0.717, 1.165) is 18.8 Å². The van der Waals surface area contributed by atoms with Gasteiger partial charge in [0.25, 0.3) is 0 Å². The molecule has 0 saturated heterocycles. The molecule has 2 rings (SSSR count). The second-order valence-corrected chi connectivity index (χ2v) is 4.03. The van der Waals surface area contributed by atoms with Gasteiger partial charge in [0, 0.05) is 26.6 Å². The van der Waals surface area contributed by atoms with Gasteiger partial charge in [-0.3, -0.25) is 4.68 Å². The van der Waals surface area contributed by atoms with Crippen molar-refractivity contribution in [2.45, 2.75) is 13.0 Å². The zero-order valence-corrected chi connectivity index (χ0v) is 10.5. The summed E-state index contributed by atoms with van der Waals surface area (Å²) in [6, 6.07) is 0.